The molecule has 0 atom stereocenters. The molecule has 1 N–H and O–H groups in total. The maximum atomic E-state index is 12.0. The summed E-state index contributed by atoms with van der Waals surface area (Å²) in [6.45, 7) is 2.64. The van der Waals surface area contributed by atoms with E-state index in [2.05, 4.69) is 26.5 Å². The smallest absolute Gasteiger partial charge is 0.277 e. The molecule has 0 radical (unpaired) electrons. The molecule has 3 rings (SSSR count). The van der Waals surface area contributed by atoms with Crippen LogP contribution in [0, 0.1) is 0 Å². The summed E-state index contributed by atoms with van der Waals surface area (Å²) < 4.78 is 17.8. The Morgan fingerprint density at radius 2 is 1.75 bits per heavy atom. The zero-order chi connectivity index (χ0) is 22.8. The van der Waals surface area contributed by atoms with Gasteiger partial charge in [0, 0.05) is 15.1 Å². The van der Waals surface area contributed by atoms with Gasteiger partial charge >= 0.3 is 0 Å². The van der Waals surface area contributed by atoms with Crippen LogP contribution in [0.25, 0.3) is 0 Å². The SMILES string of the molecule is CCOc1cc(/C=N\NC(=O)COc2ccc(Cl)cc2)c(Br)cc1OCc1ccccc1. The van der Waals surface area contributed by atoms with Gasteiger partial charge in [-0.2, -0.15) is 5.10 Å². The second kappa shape index (κ2) is 12.1. The van der Waals surface area contributed by atoms with Gasteiger partial charge in [0.25, 0.3) is 5.91 Å². The second-order valence-corrected chi connectivity index (χ2v) is 7.85. The Kier molecular flexibility index (Phi) is 8.95. The molecule has 0 aromatic heterocycles. The number of carbonyl (C=O) groups is 1. The van der Waals surface area contributed by atoms with E-state index in [0.717, 1.165) is 15.6 Å². The summed E-state index contributed by atoms with van der Waals surface area (Å²) in [5.41, 5.74) is 4.22. The Hall–Kier alpha value is -3.03. The minimum Gasteiger partial charge on any atom is -0.490 e. The van der Waals surface area contributed by atoms with Crippen molar-refractivity contribution in [2.45, 2.75) is 13.5 Å². The largest absolute Gasteiger partial charge is 0.490 e. The van der Waals surface area contributed by atoms with Crippen LogP contribution in [0.15, 0.2) is 76.3 Å². The molecule has 32 heavy (non-hydrogen) atoms. The monoisotopic (exact) mass is 516 g/mol. The van der Waals surface area contributed by atoms with Gasteiger partial charge in [-0.1, -0.05) is 41.9 Å². The summed E-state index contributed by atoms with van der Waals surface area (Å²) in [7, 11) is 0. The summed E-state index contributed by atoms with van der Waals surface area (Å²) >= 11 is 9.34. The highest BCUT2D eigenvalue weighted by atomic mass is 79.9. The molecule has 0 saturated carbocycles. The molecular formula is C24H22BrClN2O4. The van der Waals surface area contributed by atoms with Crippen molar-refractivity contribution in [2.24, 2.45) is 5.10 Å². The fourth-order valence-corrected chi connectivity index (χ4v) is 3.20. The average Bonchev–Trinajstić information content (AvgIpc) is 2.80. The number of benzene rings is 3. The molecule has 0 aliphatic heterocycles. The molecule has 3 aromatic carbocycles. The molecule has 0 spiro atoms. The number of nitrogens with zero attached hydrogens (tertiary/aromatic N) is 1. The molecule has 1 amide bonds. The first-order valence-electron chi connectivity index (χ1n) is 9.88. The molecule has 8 heteroatoms. The van der Waals surface area contributed by atoms with Gasteiger partial charge in [-0.25, -0.2) is 5.43 Å². The molecular weight excluding hydrogens is 496 g/mol. The van der Waals surface area contributed by atoms with Crippen LogP contribution in [0.1, 0.15) is 18.1 Å². The van der Waals surface area contributed by atoms with Crippen molar-refractivity contribution < 1.29 is 19.0 Å². The Labute approximate surface area is 200 Å². The van der Waals surface area contributed by atoms with Crippen molar-refractivity contribution >= 4 is 39.7 Å². The first kappa shape index (κ1) is 23.6. The van der Waals surface area contributed by atoms with E-state index in [9.17, 15) is 4.79 Å². The van der Waals surface area contributed by atoms with E-state index < -0.39 is 0 Å². The summed E-state index contributed by atoms with van der Waals surface area (Å²) in [6, 6.07) is 20.3. The number of amides is 1. The zero-order valence-corrected chi connectivity index (χ0v) is 19.7. The lowest BCUT2D eigenvalue weighted by molar-refractivity contribution is -0.123. The number of carbonyl (C=O) groups excluding carboxylic acids is 1. The Balaban J connectivity index is 1.59. The van der Waals surface area contributed by atoms with Crippen LogP contribution in [0.5, 0.6) is 17.2 Å². The minimum atomic E-state index is -0.389. The molecule has 0 fully saturated rings. The van der Waals surface area contributed by atoms with Crippen LogP contribution in [0.4, 0.5) is 0 Å². The lowest BCUT2D eigenvalue weighted by Crippen LogP contribution is -2.24. The number of ether oxygens (including phenoxy) is 3. The third-order valence-electron chi connectivity index (χ3n) is 4.18. The standard InChI is InChI=1S/C24H22BrClN2O4/c1-2-30-22-12-18(21(25)13-23(22)32-15-17-6-4-3-5-7-17)14-27-28-24(29)16-31-20-10-8-19(26)9-11-20/h3-14H,2,15-16H2,1H3,(H,28,29)/b27-14-. The molecule has 6 nitrogen and oxygen atoms in total. The van der Waals surface area contributed by atoms with E-state index in [0.29, 0.717) is 35.5 Å². The van der Waals surface area contributed by atoms with E-state index in [1.54, 1.807) is 30.3 Å². The normalized spacial score (nSPS) is 10.7. The van der Waals surface area contributed by atoms with Gasteiger partial charge in [0.15, 0.2) is 18.1 Å². The Morgan fingerprint density at radius 3 is 2.47 bits per heavy atom. The molecule has 166 valence electrons. The number of nitrogens with one attached hydrogen (secondary N) is 1. The molecule has 0 bridgehead atoms. The predicted molar refractivity (Wildman–Crippen MR) is 129 cm³/mol. The van der Waals surface area contributed by atoms with Crippen LogP contribution >= 0.6 is 27.5 Å². The first-order chi connectivity index (χ1) is 15.5. The summed E-state index contributed by atoms with van der Waals surface area (Å²) in [6.07, 6.45) is 1.52. The average molecular weight is 518 g/mol. The maximum Gasteiger partial charge on any atom is 0.277 e. The molecule has 0 aliphatic carbocycles. The highest BCUT2D eigenvalue weighted by Crippen LogP contribution is 2.33. The van der Waals surface area contributed by atoms with E-state index in [1.807, 2.05) is 43.3 Å². The van der Waals surface area contributed by atoms with Crippen LogP contribution in [0.3, 0.4) is 0 Å². The van der Waals surface area contributed by atoms with Crippen LogP contribution in [-0.2, 0) is 11.4 Å². The Bertz CT molecular complexity index is 1060. The third kappa shape index (κ3) is 7.28. The van der Waals surface area contributed by atoms with Crippen molar-refractivity contribution in [2.75, 3.05) is 13.2 Å². The topological polar surface area (TPSA) is 69.2 Å². The quantitative estimate of drug-likeness (QED) is 0.280. The van der Waals surface area contributed by atoms with Gasteiger partial charge in [-0.05, 0) is 64.8 Å². The lowest BCUT2D eigenvalue weighted by Gasteiger charge is -2.14. The summed E-state index contributed by atoms with van der Waals surface area (Å²) in [5.74, 6) is 1.36. The first-order valence-corrected chi connectivity index (χ1v) is 11.1. The minimum absolute atomic E-state index is 0.170. The van der Waals surface area contributed by atoms with Crippen molar-refractivity contribution in [1.29, 1.82) is 0 Å². The van der Waals surface area contributed by atoms with Gasteiger partial charge in [-0.15, -0.1) is 0 Å². The van der Waals surface area contributed by atoms with Crippen LogP contribution in [0.2, 0.25) is 5.02 Å². The van der Waals surface area contributed by atoms with Crippen LogP contribution in [-0.4, -0.2) is 25.3 Å². The van der Waals surface area contributed by atoms with E-state index in [4.69, 9.17) is 25.8 Å². The lowest BCUT2D eigenvalue weighted by atomic mass is 10.2. The van der Waals surface area contributed by atoms with Gasteiger partial charge in [-0.3, -0.25) is 4.79 Å². The number of hydrazone groups is 1. The van der Waals surface area contributed by atoms with Gasteiger partial charge in [0.05, 0.1) is 12.8 Å². The molecule has 0 heterocycles. The molecule has 3 aromatic rings. The summed E-state index contributed by atoms with van der Waals surface area (Å²) in [5, 5.41) is 4.60. The Morgan fingerprint density at radius 1 is 1.03 bits per heavy atom. The van der Waals surface area contributed by atoms with E-state index >= 15 is 0 Å². The fraction of sp³-hybridized carbons (Fsp3) is 0.167. The third-order valence-corrected chi connectivity index (χ3v) is 5.12. The predicted octanol–water partition coefficient (Wildman–Crippen LogP) is 5.61. The molecule has 0 saturated heterocycles. The molecule has 0 aliphatic rings. The van der Waals surface area contributed by atoms with Gasteiger partial charge in [0.2, 0.25) is 0 Å². The molecule has 0 unspecified atom stereocenters. The van der Waals surface area contributed by atoms with Gasteiger partial charge in [0.1, 0.15) is 12.4 Å². The van der Waals surface area contributed by atoms with Crippen molar-refractivity contribution in [1.82, 2.24) is 5.43 Å². The van der Waals surface area contributed by atoms with E-state index in [1.165, 1.54) is 6.21 Å². The fourth-order valence-electron chi connectivity index (χ4n) is 2.65. The second-order valence-electron chi connectivity index (χ2n) is 6.56. The number of hydrogen-bond acceptors (Lipinski definition) is 5. The van der Waals surface area contributed by atoms with Crippen LogP contribution < -0.4 is 19.6 Å². The van der Waals surface area contributed by atoms with Crippen molar-refractivity contribution in [3.63, 3.8) is 0 Å². The number of rotatable bonds is 10. The van der Waals surface area contributed by atoms with Crippen molar-refractivity contribution in [3.05, 3.63) is 87.4 Å². The maximum absolute atomic E-state index is 12.0. The van der Waals surface area contributed by atoms with E-state index in [-0.39, 0.29) is 12.5 Å². The van der Waals surface area contributed by atoms with Crippen molar-refractivity contribution in [3.8, 4) is 17.2 Å². The van der Waals surface area contributed by atoms with Gasteiger partial charge < -0.3 is 14.2 Å². The number of halogens is 2. The summed E-state index contributed by atoms with van der Waals surface area (Å²) in [4.78, 5) is 12.0. The zero-order valence-electron chi connectivity index (χ0n) is 17.4. The number of hydrogen-bond donors (Lipinski definition) is 1. The highest BCUT2D eigenvalue weighted by molar-refractivity contribution is 9.10. The highest BCUT2D eigenvalue weighted by Gasteiger charge is 2.11.